The number of nitriles is 1. The average Bonchev–Trinajstić information content (AvgIpc) is 3.26. The van der Waals surface area contributed by atoms with Gasteiger partial charge in [0.1, 0.15) is 22.4 Å². The maximum absolute atomic E-state index is 12.5. The first-order valence-electron chi connectivity index (χ1n) is 8.55. The molecule has 29 heavy (non-hydrogen) atoms. The number of halogens is 2. The SMILES string of the molecule is Cc1sc2nc(C(C#N)=Cc3ccc(-c4ccc(Cl)c(Cl)c4)o3)[nH]c(=O)c2c1C. The number of thiophene rings is 1. The molecule has 3 aromatic heterocycles. The standard InChI is InChI=1S/C21H13Cl2N3O2S/c1-10-11(2)29-21-18(10)20(27)25-19(26-21)13(9-24)7-14-4-6-17(28-14)12-3-5-15(22)16(23)8-12/h3-8H,1-2H3,(H,25,26,27). The highest BCUT2D eigenvalue weighted by Gasteiger charge is 2.15. The molecule has 0 fully saturated rings. The van der Waals surface area contributed by atoms with Gasteiger partial charge in [0.25, 0.3) is 5.56 Å². The first-order valence-corrected chi connectivity index (χ1v) is 10.1. The van der Waals surface area contributed by atoms with Gasteiger partial charge in [-0.25, -0.2) is 4.98 Å². The second kappa shape index (κ2) is 7.53. The van der Waals surface area contributed by atoms with Crippen LogP contribution in [0.25, 0.3) is 33.2 Å². The molecule has 0 bridgehead atoms. The van der Waals surface area contributed by atoms with Crippen molar-refractivity contribution in [1.82, 2.24) is 9.97 Å². The van der Waals surface area contributed by atoms with Crippen LogP contribution in [0.3, 0.4) is 0 Å². The van der Waals surface area contributed by atoms with E-state index >= 15 is 0 Å². The van der Waals surface area contributed by atoms with Crippen molar-refractivity contribution in [3.8, 4) is 17.4 Å². The summed E-state index contributed by atoms with van der Waals surface area (Å²) in [6.07, 6.45) is 1.54. The van der Waals surface area contributed by atoms with Crippen LogP contribution in [0.2, 0.25) is 10.0 Å². The van der Waals surface area contributed by atoms with E-state index in [9.17, 15) is 10.1 Å². The van der Waals surface area contributed by atoms with Crippen LogP contribution in [-0.4, -0.2) is 9.97 Å². The van der Waals surface area contributed by atoms with E-state index in [2.05, 4.69) is 16.0 Å². The minimum absolute atomic E-state index is 0.197. The van der Waals surface area contributed by atoms with Gasteiger partial charge in [-0.15, -0.1) is 11.3 Å². The predicted molar refractivity (Wildman–Crippen MR) is 117 cm³/mol. The number of fused-ring (bicyclic) bond motifs is 1. The molecule has 0 aliphatic rings. The molecule has 0 saturated carbocycles. The Kier molecular flexibility index (Phi) is 5.05. The molecule has 4 aromatic rings. The van der Waals surface area contributed by atoms with E-state index in [0.717, 1.165) is 16.0 Å². The zero-order chi connectivity index (χ0) is 20.7. The van der Waals surface area contributed by atoms with Crippen LogP contribution in [0.5, 0.6) is 0 Å². The van der Waals surface area contributed by atoms with Crippen molar-refractivity contribution in [3.05, 3.63) is 72.8 Å². The molecule has 0 atom stereocenters. The molecule has 144 valence electrons. The fourth-order valence-corrected chi connectivity index (χ4v) is 4.24. The molecule has 0 radical (unpaired) electrons. The second-order valence-corrected chi connectivity index (χ2v) is 8.40. The Labute approximate surface area is 179 Å². The summed E-state index contributed by atoms with van der Waals surface area (Å²) in [6.45, 7) is 3.83. The molecule has 4 rings (SSSR count). The van der Waals surface area contributed by atoms with Crippen LogP contribution in [0.4, 0.5) is 0 Å². The quantitative estimate of drug-likeness (QED) is 0.381. The molecule has 0 saturated heterocycles. The van der Waals surface area contributed by atoms with E-state index < -0.39 is 0 Å². The lowest BCUT2D eigenvalue weighted by Crippen LogP contribution is -2.10. The highest BCUT2D eigenvalue weighted by molar-refractivity contribution is 7.18. The zero-order valence-electron chi connectivity index (χ0n) is 15.3. The summed E-state index contributed by atoms with van der Waals surface area (Å²) >= 11 is 13.4. The van der Waals surface area contributed by atoms with Gasteiger partial charge in [0, 0.05) is 16.5 Å². The van der Waals surface area contributed by atoms with E-state index in [1.54, 1.807) is 36.4 Å². The van der Waals surface area contributed by atoms with Gasteiger partial charge in [0.2, 0.25) is 0 Å². The van der Waals surface area contributed by atoms with Crippen molar-refractivity contribution in [2.45, 2.75) is 13.8 Å². The van der Waals surface area contributed by atoms with E-state index in [-0.39, 0.29) is 17.0 Å². The smallest absolute Gasteiger partial charge is 0.260 e. The van der Waals surface area contributed by atoms with Gasteiger partial charge in [-0.3, -0.25) is 4.79 Å². The Morgan fingerprint density at radius 1 is 1.24 bits per heavy atom. The van der Waals surface area contributed by atoms with E-state index in [1.807, 2.05) is 13.8 Å². The van der Waals surface area contributed by atoms with Gasteiger partial charge in [-0.1, -0.05) is 23.2 Å². The molecule has 0 unspecified atom stereocenters. The molecule has 0 aliphatic heterocycles. The van der Waals surface area contributed by atoms with Crippen molar-refractivity contribution in [3.63, 3.8) is 0 Å². The van der Waals surface area contributed by atoms with Crippen molar-refractivity contribution >= 4 is 56.4 Å². The van der Waals surface area contributed by atoms with Crippen LogP contribution in [0.15, 0.2) is 39.5 Å². The maximum atomic E-state index is 12.5. The van der Waals surface area contributed by atoms with Gasteiger partial charge < -0.3 is 9.40 Å². The molecule has 5 nitrogen and oxygen atoms in total. The summed E-state index contributed by atoms with van der Waals surface area (Å²) in [6, 6.07) is 10.8. The number of aromatic nitrogens is 2. The third kappa shape index (κ3) is 3.60. The van der Waals surface area contributed by atoms with Crippen molar-refractivity contribution < 1.29 is 4.42 Å². The number of hydrogen-bond donors (Lipinski definition) is 1. The number of nitrogens with zero attached hydrogens (tertiary/aromatic N) is 2. The molecule has 0 aliphatic carbocycles. The Morgan fingerprint density at radius 3 is 2.76 bits per heavy atom. The largest absolute Gasteiger partial charge is 0.457 e. The van der Waals surface area contributed by atoms with Gasteiger partial charge >= 0.3 is 0 Å². The Morgan fingerprint density at radius 2 is 2.03 bits per heavy atom. The molecule has 8 heteroatoms. The summed E-state index contributed by atoms with van der Waals surface area (Å²) in [7, 11) is 0. The summed E-state index contributed by atoms with van der Waals surface area (Å²) in [5.41, 5.74) is 1.60. The maximum Gasteiger partial charge on any atom is 0.260 e. The first-order chi connectivity index (χ1) is 13.9. The van der Waals surface area contributed by atoms with Gasteiger partial charge in [-0.2, -0.15) is 5.26 Å². The number of rotatable bonds is 3. The summed E-state index contributed by atoms with van der Waals surface area (Å²) in [5, 5.41) is 11.0. The minimum atomic E-state index is -0.260. The topological polar surface area (TPSA) is 82.7 Å². The van der Waals surface area contributed by atoms with Crippen molar-refractivity contribution in [2.75, 3.05) is 0 Å². The molecule has 0 amide bonds. The monoisotopic (exact) mass is 441 g/mol. The van der Waals surface area contributed by atoms with Crippen LogP contribution >= 0.6 is 34.5 Å². The normalized spacial score (nSPS) is 11.8. The van der Waals surface area contributed by atoms with Gasteiger partial charge in [0.05, 0.1) is 21.0 Å². The molecule has 3 heterocycles. The molecule has 0 spiro atoms. The number of furan rings is 1. The Balaban J connectivity index is 1.75. The van der Waals surface area contributed by atoms with Crippen LogP contribution < -0.4 is 5.56 Å². The predicted octanol–water partition coefficient (Wildman–Crippen LogP) is 6.23. The zero-order valence-corrected chi connectivity index (χ0v) is 17.7. The van der Waals surface area contributed by atoms with Crippen LogP contribution in [0, 0.1) is 25.2 Å². The van der Waals surface area contributed by atoms with Crippen molar-refractivity contribution in [1.29, 1.82) is 5.26 Å². The second-order valence-electron chi connectivity index (χ2n) is 6.38. The molecule has 1 aromatic carbocycles. The molecular weight excluding hydrogens is 429 g/mol. The molecule has 1 N–H and O–H groups in total. The minimum Gasteiger partial charge on any atom is -0.457 e. The van der Waals surface area contributed by atoms with Crippen LogP contribution in [-0.2, 0) is 0 Å². The van der Waals surface area contributed by atoms with Crippen LogP contribution in [0.1, 0.15) is 22.0 Å². The third-order valence-corrected chi connectivity index (χ3v) is 6.37. The highest BCUT2D eigenvalue weighted by Crippen LogP contribution is 2.31. The first kappa shape index (κ1) is 19.5. The summed E-state index contributed by atoms with van der Waals surface area (Å²) in [4.78, 5) is 21.3. The third-order valence-electron chi connectivity index (χ3n) is 4.53. The number of aryl methyl sites for hydroxylation is 2. The van der Waals surface area contributed by atoms with E-state index in [0.29, 0.717) is 31.8 Å². The molecular formula is C21H13Cl2N3O2S. The van der Waals surface area contributed by atoms with Gasteiger partial charge in [0.15, 0.2) is 5.82 Å². The lowest BCUT2D eigenvalue weighted by Gasteiger charge is -2.00. The number of benzene rings is 1. The lowest BCUT2D eigenvalue weighted by molar-refractivity contribution is 0.572. The van der Waals surface area contributed by atoms with E-state index in [1.165, 1.54) is 11.3 Å². The number of hydrogen-bond acceptors (Lipinski definition) is 5. The number of nitrogens with one attached hydrogen (secondary N) is 1. The number of H-pyrrole nitrogens is 1. The lowest BCUT2D eigenvalue weighted by atomic mass is 10.2. The summed E-state index contributed by atoms with van der Waals surface area (Å²) < 4.78 is 5.81. The average molecular weight is 442 g/mol. The number of aromatic amines is 1. The summed E-state index contributed by atoms with van der Waals surface area (Å²) in [5.74, 6) is 1.23. The Bertz CT molecular complexity index is 1390. The van der Waals surface area contributed by atoms with Crippen molar-refractivity contribution in [2.24, 2.45) is 0 Å². The fourth-order valence-electron chi connectivity index (χ4n) is 2.91. The van der Waals surface area contributed by atoms with Gasteiger partial charge in [-0.05, 0) is 49.7 Å². The van der Waals surface area contributed by atoms with E-state index in [4.69, 9.17) is 27.6 Å². The Hall–Kier alpha value is -2.85. The number of allylic oxidation sites excluding steroid dienone is 1. The highest BCUT2D eigenvalue weighted by atomic mass is 35.5. The fraction of sp³-hybridized carbons (Fsp3) is 0.0952.